The lowest BCUT2D eigenvalue weighted by atomic mass is 10.2. The highest BCUT2D eigenvalue weighted by atomic mass is 32.1. The third-order valence-corrected chi connectivity index (χ3v) is 3.00. The van der Waals surface area contributed by atoms with Crippen molar-refractivity contribution < 1.29 is 4.39 Å². The van der Waals surface area contributed by atoms with Crippen molar-refractivity contribution in [2.24, 2.45) is 5.73 Å². The molecule has 0 aliphatic rings. The van der Waals surface area contributed by atoms with Gasteiger partial charge in [0.15, 0.2) is 0 Å². The number of benzene rings is 1. The van der Waals surface area contributed by atoms with Gasteiger partial charge < -0.3 is 10.6 Å². The van der Waals surface area contributed by atoms with Gasteiger partial charge in [0.1, 0.15) is 16.6 Å². The summed E-state index contributed by atoms with van der Waals surface area (Å²) >= 11 is 4.88. The first-order chi connectivity index (χ1) is 9.13. The van der Waals surface area contributed by atoms with Gasteiger partial charge in [0.05, 0.1) is 5.69 Å². The highest BCUT2D eigenvalue weighted by Gasteiger charge is 2.12. The number of pyridine rings is 1. The molecule has 0 fully saturated rings. The molecule has 0 spiro atoms. The van der Waals surface area contributed by atoms with E-state index in [1.54, 1.807) is 41.4 Å². The molecule has 0 aliphatic heterocycles. The second kappa shape index (κ2) is 5.75. The average Bonchev–Trinajstić information content (AvgIpc) is 2.42. The molecule has 2 N–H and O–H groups in total. The number of rotatable bonds is 4. The van der Waals surface area contributed by atoms with Gasteiger partial charge in [0.25, 0.3) is 0 Å². The molecule has 98 valence electrons. The van der Waals surface area contributed by atoms with Gasteiger partial charge in [-0.3, -0.25) is 0 Å². The Morgan fingerprint density at radius 1 is 1.32 bits per heavy atom. The first-order valence-electron chi connectivity index (χ1n) is 5.91. The number of halogens is 1. The predicted molar refractivity (Wildman–Crippen MR) is 79.2 cm³/mol. The van der Waals surface area contributed by atoms with Gasteiger partial charge in [-0.25, -0.2) is 9.37 Å². The van der Waals surface area contributed by atoms with Crippen LogP contribution in [0.3, 0.4) is 0 Å². The zero-order chi connectivity index (χ0) is 13.8. The molecule has 19 heavy (non-hydrogen) atoms. The van der Waals surface area contributed by atoms with Crippen molar-refractivity contribution in [3.05, 3.63) is 54.0 Å². The Bertz CT molecular complexity index is 583. The van der Waals surface area contributed by atoms with Crippen LogP contribution >= 0.6 is 12.2 Å². The minimum atomic E-state index is -0.274. The van der Waals surface area contributed by atoms with E-state index in [-0.39, 0.29) is 5.82 Å². The molecule has 0 atom stereocenters. The monoisotopic (exact) mass is 275 g/mol. The highest BCUT2D eigenvalue weighted by Crippen LogP contribution is 2.25. The van der Waals surface area contributed by atoms with Gasteiger partial charge >= 0.3 is 0 Å². The van der Waals surface area contributed by atoms with Crippen LogP contribution < -0.4 is 10.6 Å². The van der Waals surface area contributed by atoms with Gasteiger partial charge in [0, 0.05) is 18.3 Å². The second-order valence-electron chi connectivity index (χ2n) is 3.96. The first-order valence-corrected chi connectivity index (χ1v) is 6.32. The van der Waals surface area contributed by atoms with Crippen LogP contribution in [0.1, 0.15) is 12.5 Å². The van der Waals surface area contributed by atoms with Crippen LogP contribution in [0.5, 0.6) is 0 Å². The number of hydrogen-bond donors (Lipinski definition) is 1. The summed E-state index contributed by atoms with van der Waals surface area (Å²) in [6, 6.07) is 10.2. The fraction of sp³-hybridized carbons (Fsp3) is 0.143. The molecular weight excluding hydrogens is 261 g/mol. The molecule has 0 saturated carbocycles. The van der Waals surface area contributed by atoms with Gasteiger partial charge in [-0.2, -0.15) is 0 Å². The highest BCUT2D eigenvalue weighted by molar-refractivity contribution is 7.80. The Morgan fingerprint density at radius 2 is 2.05 bits per heavy atom. The summed E-state index contributed by atoms with van der Waals surface area (Å²) in [5.74, 6) is 0.386. The molecule has 0 amide bonds. The Hall–Kier alpha value is -2.01. The van der Waals surface area contributed by atoms with E-state index in [0.717, 1.165) is 0 Å². The van der Waals surface area contributed by atoms with Gasteiger partial charge in [0.2, 0.25) is 0 Å². The van der Waals surface area contributed by atoms with E-state index >= 15 is 0 Å². The van der Waals surface area contributed by atoms with Crippen molar-refractivity contribution in [2.75, 3.05) is 11.4 Å². The number of nitrogens with two attached hydrogens (primary N) is 1. The van der Waals surface area contributed by atoms with Crippen molar-refractivity contribution in [1.82, 2.24) is 4.98 Å². The van der Waals surface area contributed by atoms with E-state index in [0.29, 0.717) is 28.6 Å². The minimum Gasteiger partial charge on any atom is -0.389 e. The van der Waals surface area contributed by atoms with Crippen molar-refractivity contribution in [3.63, 3.8) is 0 Å². The molecule has 2 aromatic rings. The lowest BCUT2D eigenvalue weighted by molar-refractivity contribution is 0.625. The molecule has 2 rings (SSSR count). The summed E-state index contributed by atoms with van der Waals surface area (Å²) in [6.45, 7) is 2.55. The van der Waals surface area contributed by atoms with Gasteiger partial charge in [-0.1, -0.05) is 24.4 Å². The van der Waals surface area contributed by atoms with Gasteiger partial charge in [-0.05, 0) is 31.2 Å². The lowest BCUT2D eigenvalue weighted by Crippen LogP contribution is -2.19. The Labute approximate surface area is 116 Å². The standard InChI is InChI=1S/C14H14FN3S/c1-2-18(12-6-4-3-5-11(12)15)13-8-7-10(9-17-13)14(16)19/h3-9H,2H2,1H3,(H2,16,19). The van der Waals surface area contributed by atoms with Gasteiger partial charge in [-0.15, -0.1) is 0 Å². The average molecular weight is 275 g/mol. The Kier molecular flexibility index (Phi) is 4.06. The maximum Gasteiger partial charge on any atom is 0.146 e. The maximum absolute atomic E-state index is 13.8. The minimum absolute atomic E-state index is 0.274. The normalized spacial score (nSPS) is 10.2. The molecule has 0 unspecified atom stereocenters. The number of thiocarbonyl (C=S) groups is 1. The predicted octanol–water partition coefficient (Wildman–Crippen LogP) is 3.01. The van der Waals surface area contributed by atoms with E-state index in [1.165, 1.54) is 6.07 Å². The topological polar surface area (TPSA) is 42.1 Å². The summed E-state index contributed by atoms with van der Waals surface area (Å²) in [5.41, 5.74) is 6.72. The molecule has 1 aromatic carbocycles. The Balaban J connectivity index is 2.37. The van der Waals surface area contributed by atoms with Crippen molar-refractivity contribution in [2.45, 2.75) is 6.92 Å². The molecule has 0 saturated heterocycles. The first kappa shape index (κ1) is 13.4. The number of para-hydroxylation sites is 1. The van der Waals surface area contributed by atoms with Crippen LogP contribution in [0.2, 0.25) is 0 Å². The van der Waals surface area contributed by atoms with E-state index in [1.807, 2.05) is 6.92 Å². The molecule has 0 aliphatic carbocycles. The molecular formula is C14H14FN3S. The number of aromatic nitrogens is 1. The van der Waals surface area contributed by atoms with Crippen LogP contribution in [0.25, 0.3) is 0 Å². The molecule has 3 nitrogen and oxygen atoms in total. The Morgan fingerprint density at radius 3 is 2.58 bits per heavy atom. The lowest BCUT2D eigenvalue weighted by Gasteiger charge is -2.22. The van der Waals surface area contributed by atoms with E-state index in [2.05, 4.69) is 4.98 Å². The largest absolute Gasteiger partial charge is 0.389 e. The quantitative estimate of drug-likeness (QED) is 0.871. The van der Waals surface area contributed by atoms with Crippen molar-refractivity contribution in [1.29, 1.82) is 0 Å². The summed E-state index contributed by atoms with van der Waals surface area (Å²) in [6.07, 6.45) is 1.60. The molecule has 5 heteroatoms. The molecule has 0 bridgehead atoms. The van der Waals surface area contributed by atoms with Crippen LogP contribution in [0, 0.1) is 5.82 Å². The molecule has 0 radical (unpaired) electrons. The summed E-state index contributed by atoms with van der Waals surface area (Å²) in [4.78, 5) is 6.37. The maximum atomic E-state index is 13.8. The van der Waals surface area contributed by atoms with Crippen LogP contribution in [0.4, 0.5) is 15.9 Å². The number of hydrogen-bond acceptors (Lipinski definition) is 3. The van der Waals surface area contributed by atoms with E-state index in [9.17, 15) is 4.39 Å². The van der Waals surface area contributed by atoms with Crippen molar-refractivity contribution in [3.8, 4) is 0 Å². The third kappa shape index (κ3) is 2.88. The summed E-state index contributed by atoms with van der Waals surface area (Å²) < 4.78 is 13.8. The van der Waals surface area contributed by atoms with Crippen LogP contribution in [-0.2, 0) is 0 Å². The molecule has 1 heterocycles. The number of nitrogens with zero attached hydrogens (tertiary/aromatic N) is 2. The summed E-state index contributed by atoms with van der Waals surface area (Å²) in [7, 11) is 0. The third-order valence-electron chi connectivity index (χ3n) is 2.77. The zero-order valence-corrected chi connectivity index (χ0v) is 11.3. The SMILES string of the molecule is CCN(c1ccc(C(N)=S)cn1)c1ccccc1F. The van der Waals surface area contributed by atoms with Crippen molar-refractivity contribution >= 4 is 28.7 Å². The zero-order valence-electron chi connectivity index (χ0n) is 10.5. The fourth-order valence-corrected chi connectivity index (χ4v) is 1.94. The fourth-order valence-electron chi connectivity index (χ4n) is 1.82. The summed E-state index contributed by atoms with van der Waals surface area (Å²) in [5, 5.41) is 0. The van der Waals surface area contributed by atoms with E-state index < -0.39 is 0 Å². The number of anilines is 2. The van der Waals surface area contributed by atoms with Crippen LogP contribution in [-0.4, -0.2) is 16.5 Å². The van der Waals surface area contributed by atoms with Crippen LogP contribution in [0.15, 0.2) is 42.6 Å². The second-order valence-corrected chi connectivity index (χ2v) is 4.40. The molecule has 1 aromatic heterocycles. The smallest absolute Gasteiger partial charge is 0.146 e. The van der Waals surface area contributed by atoms with E-state index in [4.69, 9.17) is 18.0 Å².